The SMILES string of the molecule is CCOc1ccc2c(c1)OC(C)(C)C(CC(F)(F)F)C21C(=O)Nc2ccccc21. The van der Waals surface area contributed by atoms with E-state index in [2.05, 4.69) is 5.32 Å². The van der Waals surface area contributed by atoms with Gasteiger partial charge in [0.25, 0.3) is 0 Å². The lowest BCUT2D eigenvalue weighted by molar-refractivity contribution is -0.171. The molecule has 7 heteroatoms. The second-order valence-electron chi connectivity index (χ2n) is 7.98. The fraction of sp³-hybridized carbons (Fsp3) is 0.409. The van der Waals surface area contributed by atoms with E-state index in [1.54, 1.807) is 56.3 Å². The first kappa shape index (κ1) is 19.6. The predicted molar refractivity (Wildman–Crippen MR) is 102 cm³/mol. The van der Waals surface area contributed by atoms with E-state index in [1.807, 2.05) is 6.92 Å². The van der Waals surface area contributed by atoms with Crippen molar-refractivity contribution >= 4 is 11.6 Å². The number of carbonyl (C=O) groups is 1. The fourth-order valence-corrected chi connectivity index (χ4v) is 4.76. The van der Waals surface area contributed by atoms with Gasteiger partial charge < -0.3 is 14.8 Å². The van der Waals surface area contributed by atoms with E-state index in [0.717, 1.165) is 0 Å². The van der Waals surface area contributed by atoms with Gasteiger partial charge in [0.05, 0.1) is 13.0 Å². The quantitative estimate of drug-likeness (QED) is 0.776. The van der Waals surface area contributed by atoms with Crippen molar-refractivity contribution in [2.75, 3.05) is 11.9 Å². The molecule has 2 heterocycles. The Morgan fingerprint density at radius 3 is 2.55 bits per heavy atom. The van der Waals surface area contributed by atoms with E-state index in [9.17, 15) is 18.0 Å². The molecule has 0 bridgehead atoms. The monoisotopic (exact) mass is 405 g/mol. The first-order chi connectivity index (χ1) is 13.6. The van der Waals surface area contributed by atoms with Gasteiger partial charge in [-0.05, 0) is 38.5 Å². The first-order valence-corrected chi connectivity index (χ1v) is 9.53. The first-order valence-electron chi connectivity index (χ1n) is 9.53. The van der Waals surface area contributed by atoms with Gasteiger partial charge in [-0.25, -0.2) is 0 Å². The van der Waals surface area contributed by atoms with Crippen LogP contribution in [0.2, 0.25) is 0 Å². The molecule has 2 atom stereocenters. The third kappa shape index (κ3) is 2.94. The van der Waals surface area contributed by atoms with Crippen LogP contribution in [-0.2, 0) is 10.2 Å². The second kappa shape index (κ2) is 6.40. The molecule has 0 aliphatic carbocycles. The van der Waals surface area contributed by atoms with Crippen LogP contribution in [0.25, 0.3) is 0 Å². The highest BCUT2D eigenvalue weighted by Crippen LogP contribution is 2.59. The van der Waals surface area contributed by atoms with Crippen molar-refractivity contribution in [2.45, 2.75) is 44.4 Å². The highest BCUT2D eigenvalue weighted by Gasteiger charge is 2.64. The predicted octanol–water partition coefficient (Wildman–Crippen LogP) is 5.06. The van der Waals surface area contributed by atoms with Crippen LogP contribution in [-0.4, -0.2) is 24.3 Å². The van der Waals surface area contributed by atoms with Crippen LogP contribution in [0.4, 0.5) is 18.9 Å². The molecule has 2 aliphatic heterocycles. The van der Waals surface area contributed by atoms with Gasteiger partial charge in [0, 0.05) is 23.2 Å². The van der Waals surface area contributed by atoms with Crippen molar-refractivity contribution in [2.24, 2.45) is 5.92 Å². The number of rotatable bonds is 3. The minimum atomic E-state index is -4.46. The summed E-state index contributed by atoms with van der Waals surface area (Å²) in [5.74, 6) is -0.705. The summed E-state index contributed by atoms with van der Waals surface area (Å²) in [6.07, 6.45) is -5.60. The third-order valence-electron chi connectivity index (χ3n) is 5.82. The van der Waals surface area contributed by atoms with Crippen molar-refractivity contribution in [3.8, 4) is 11.5 Å². The minimum Gasteiger partial charge on any atom is -0.494 e. The highest BCUT2D eigenvalue weighted by molar-refractivity contribution is 6.09. The number of halogens is 3. The normalized spacial score (nSPS) is 24.5. The van der Waals surface area contributed by atoms with Gasteiger partial charge in [-0.3, -0.25) is 4.79 Å². The Labute approximate surface area is 167 Å². The molecule has 0 aromatic heterocycles. The van der Waals surface area contributed by atoms with E-state index in [4.69, 9.17) is 9.47 Å². The number of anilines is 1. The lowest BCUT2D eigenvalue weighted by Gasteiger charge is -2.50. The van der Waals surface area contributed by atoms with Gasteiger partial charge in [-0.2, -0.15) is 13.2 Å². The lowest BCUT2D eigenvalue weighted by atomic mass is 9.58. The van der Waals surface area contributed by atoms with E-state index >= 15 is 0 Å². The Morgan fingerprint density at radius 1 is 1.14 bits per heavy atom. The van der Waals surface area contributed by atoms with Crippen LogP contribution in [0.1, 0.15) is 38.3 Å². The Bertz CT molecular complexity index is 970. The molecule has 4 rings (SSSR count). The molecule has 2 unspecified atom stereocenters. The molecule has 0 fully saturated rings. The van der Waals surface area contributed by atoms with E-state index in [0.29, 0.717) is 34.9 Å². The molecule has 1 spiro atoms. The van der Waals surface area contributed by atoms with Crippen LogP contribution in [0.3, 0.4) is 0 Å². The van der Waals surface area contributed by atoms with Crippen LogP contribution in [0.15, 0.2) is 42.5 Å². The van der Waals surface area contributed by atoms with Gasteiger partial charge in [0.2, 0.25) is 5.91 Å². The lowest BCUT2D eigenvalue weighted by Crippen LogP contribution is -2.58. The maximum Gasteiger partial charge on any atom is 0.389 e. The van der Waals surface area contributed by atoms with Crippen LogP contribution < -0.4 is 14.8 Å². The summed E-state index contributed by atoms with van der Waals surface area (Å²) in [6.45, 7) is 5.49. The molecule has 0 radical (unpaired) electrons. The standard InChI is InChI=1S/C22H22F3NO3/c1-4-28-13-9-10-15-17(11-13)29-20(2,3)18(12-21(23,24)25)22(15)14-7-5-6-8-16(14)26-19(22)27/h5-11,18H,4,12H2,1-3H3,(H,26,27). The average Bonchev–Trinajstić information content (AvgIpc) is 2.90. The van der Waals surface area contributed by atoms with E-state index in [-0.39, 0.29) is 0 Å². The van der Waals surface area contributed by atoms with Crippen molar-refractivity contribution < 1.29 is 27.4 Å². The van der Waals surface area contributed by atoms with Crippen molar-refractivity contribution in [1.29, 1.82) is 0 Å². The van der Waals surface area contributed by atoms with Crippen LogP contribution in [0, 0.1) is 5.92 Å². The number of carbonyl (C=O) groups excluding carboxylic acids is 1. The molecule has 4 nitrogen and oxygen atoms in total. The number of alkyl halides is 3. The Balaban J connectivity index is 2.02. The second-order valence-corrected chi connectivity index (χ2v) is 7.98. The molecule has 2 aliphatic rings. The molecule has 1 amide bonds. The molecule has 154 valence electrons. The van der Waals surface area contributed by atoms with Crippen LogP contribution in [0.5, 0.6) is 11.5 Å². The number of ether oxygens (including phenoxy) is 2. The number of hydrogen-bond acceptors (Lipinski definition) is 3. The number of para-hydroxylation sites is 1. The maximum absolute atomic E-state index is 13.7. The number of amides is 1. The zero-order valence-corrected chi connectivity index (χ0v) is 16.4. The summed E-state index contributed by atoms with van der Waals surface area (Å²) in [7, 11) is 0. The average molecular weight is 405 g/mol. The molecule has 0 saturated carbocycles. The molecular weight excluding hydrogens is 383 g/mol. The van der Waals surface area contributed by atoms with E-state index in [1.165, 1.54) is 0 Å². The van der Waals surface area contributed by atoms with Gasteiger partial charge in [-0.15, -0.1) is 0 Å². The summed E-state index contributed by atoms with van der Waals surface area (Å²) >= 11 is 0. The fourth-order valence-electron chi connectivity index (χ4n) is 4.76. The van der Waals surface area contributed by atoms with Gasteiger partial charge in [-0.1, -0.05) is 24.3 Å². The van der Waals surface area contributed by atoms with E-state index < -0.39 is 35.4 Å². The number of fused-ring (bicyclic) bond motifs is 4. The van der Waals surface area contributed by atoms with Crippen molar-refractivity contribution in [1.82, 2.24) is 0 Å². The third-order valence-corrected chi connectivity index (χ3v) is 5.82. The highest BCUT2D eigenvalue weighted by atomic mass is 19.4. The maximum atomic E-state index is 13.7. The molecule has 2 aromatic carbocycles. The molecule has 0 saturated heterocycles. The zero-order chi connectivity index (χ0) is 21.0. The largest absolute Gasteiger partial charge is 0.494 e. The molecule has 2 aromatic rings. The Hall–Kier alpha value is -2.70. The Morgan fingerprint density at radius 2 is 1.86 bits per heavy atom. The van der Waals surface area contributed by atoms with Crippen molar-refractivity contribution in [3.05, 3.63) is 53.6 Å². The van der Waals surface area contributed by atoms with Crippen LogP contribution >= 0.6 is 0 Å². The Kier molecular flexibility index (Phi) is 4.33. The van der Waals surface area contributed by atoms with Gasteiger partial charge >= 0.3 is 6.18 Å². The van der Waals surface area contributed by atoms with Gasteiger partial charge in [0.15, 0.2) is 0 Å². The number of nitrogens with one attached hydrogen (secondary N) is 1. The summed E-state index contributed by atoms with van der Waals surface area (Å²) in [6, 6.07) is 11.9. The summed E-state index contributed by atoms with van der Waals surface area (Å²) < 4.78 is 52.6. The zero-order valence-electron chi connectivity index (χ0n) is 16.4. The molecular formula is C22H22F3NO3. The summed E-state index contributed by atoms with van der Waals surface area (Å²) in [5.41, 5.74) is -1.25. The van der Waals surface area contributed by atoms with Gasteiger partial charge in [0.1, 0.15) is 22.5 Å². The topological polar surface area (TPSA) is 47.6 Å². The molecule has 29 heavy (non-hydrogen) atoms. The van der Waals surface area contributed by atoms with Crippen molar-refractivity contribution in [3.63, 3.8) is 0 Å². The summed E-state index contributed by atoms with van der Waals surface area (Å²) in [5, 5.41) is 2.80. The molecule has 1 N–H and O–H groups in total. The number of hydrogen-bond donors (Lipinski definition) is 1. The number of benzene rings is 2. The minimum absolute atomic E-state index is 0.367. The summed E-state index contributed by atoms with van der Waals surface area (Å²) in [4.78, 5) is 13.4. The smallest absolute Gasteiger partial charge is 0.389 e.